The Kier molecular flexibility index (Phi) is 5.25. The molecule has 0 atom stereocenters. The molecule has 7 heteroatoms. The van der Waals surface area contributed by atoms with E-state index in [-0.39, 0.29) is 18.5 Å². The number of hydrogen-bond donors (Lipinski definition) is 1. The number of nitrogens with zero attached hydrogens (tertiary/aromatic N) is 1. The summed E-state index contributed by atoms with van der Waals surface area (Å²) in [7, 11) is 0. The first-order valence-electron chi connectivity index (χ1n) is 7.71. The van der Waals surface area contributed by atoms with Gasteiger partial charge in [-0.05, 0) is 37.3 Å². The number of carbonyl (C=O) groups is 2. The van der Waals surface area contributed by atoms with Crippen LogP contribution in [-0.2, 0) is 9.53 Å². The maximum absolute atomic E-state index is 12.0. The van der Waals surface area contributed by atoms with E-state index in [4.69, 9.17) is 9.47 Å². The fourth-order valence-corrected chi connectivity index (χ4v) is 3.06. The SMILES string of the molecule is CCOC(=O)c1ccc2nc(NC(=O)COc3ccccc3)sc2c1. The van der Waals surface area contributed by atoms with Crippen molar-refractivity contribution in [2.24, 2.45) is 0 Å². The van der Waals surface area contributed by atoms with Crippen LogP contribution in [0.2, 0.25) is 0 Å². The quantitative estimate of drug-likeness (QED) is 0.684. The number of fused-ring (bicyclic) bond motifs is 1. The summed E-state index contributed by atoms with van der Waals surface area (Å²) in [6, 6.07) is 14.2. The van der Waals surface area contributed by atoms with E-state index in [9.17, 15) is 9.59 Å². The minimum absolute atomic E-state index is 0.103. The molecule has 0 aliphatic heterocycles. The average molecular weight is 356 g/mol. The summed E-state index contributed by atoms with van der Waals surface area (Å²) in [6.45, 7) is 1.98. The van der Waals surface area contributed by atoms with Gasteiger partial charge in [-0.25, -0.2) is 9.78 Å². The molecule has 6 nitrogen and oxygen atoms in total. The Labute approximate surface area is 148 Å². The maximum Gasteiger partial charge on any atom is 0.338 e. The lowest BCUT2D eigenvalue weighted by molar-refractivity contribution is -0.118. The number of para-hydroxylation sites is 1. The second kappa shape index (κ2) is 7.76. The molecular formula is C18H16N2O4S. The predicted octanol–water partition coefficient (Wildman–Crippen LogP) is 3.49. The molecule has 3 rings (SSSR count). The van der Waals surface area contributed by atoms with Gasteiger partial charge in [-0.1, -0.05) is 29.5 Å². The Bertz CT molecular complexity index is 892. The third kappa shape index (κ3) is 4.33. The van der Waals surface area contributed by atoms with Gasteiger partial charge in [0.25, 0.3) is 5.91 Å². The van der Waals surface area contributed by atoms with Gasteiger partial charge in [-0.2, -0.15) is 0 Å². The molecule has 1 amide bonds. The summed E-state index contributed by atoms with van der Waals surface area (Å²) in [5, 5.41) is 3.16. The number of carbonyl (C=O) groups excluding carboxylic acids is 2. The lowest BCUT2D eigenvalue weighted by Gasteiger charge is -2.04. The van der Waals surface area contributed by atoms with Crippen LogP contribution in [0.4, 0.5) is 5.13 Å². The number of esters is 1. The number of hydrogen-bond acceptors (Lipinski definition) is 6. The van der Waals surface area contributed by atoms with Crippen LogP contribution >= 0.6 is 11.3 Å². The number of rotatable bonds is 6. The van der Waals surface area contributed by atoms with Crippen molar-refractivity contribution in [1.82, 2.24) is 4.98 Å². The van der Waals surface area contributed by atoms with Crippen molar-refractivity contribution in [3.8, 4) is 5.75 Å². The van der Waals surface area contributed by atoms with Crippen molar-refractivity contribution in [3.05, 3.63) is 54.1 Å². The molecule has 0 aliphatic rings. The fraction of sp³-hybridized carbons (Fsp3) is 0.167. The maximum atomic E-state index is 12.0. The number of benzene rings is 2. The van der Waals surface area contributed by atoms with E-state index in [0.717, 1.165) is 4.70 Å². The zero-order valence-electron chi connectivity index (χ0n) is 13.5. The van der Waals surface area contributed by atoms with Crippen LogP contribution in [-0.4, -0.2) is 30.1 Å². The highest BCUT2D eigenvalue weighted by Crippen LogP contribution is 2.27. The van der Waals surface area contributed by atoms with Crippen molar-refractivity contribution in [1.29, 1.82) is 0 Å². The first-order chi connectivity index (χ1) is 12.2. The minimum atomic E-state index is -0.375. The third-order valence-corrected chi connectivity index (χ3v) is 4.19. The van der Waals surface area contributed by atoms with Crippen LogP contribution in [0, 0.1) is 0 Å². The second-order valence-electron chi connectivity index (χ2n) is 5.07. The van der Waals surface area contributed by atoms with Crippen molar-refractivity contribution >= 4 is 38.6 Å². The second-order valence-corrected chi connectivity index (χ2v) is 6.10. The van der Waals surface area contributed by atoms with E-state index in [0.29, 0.717) is 28.6 Å². The van der Waals surface area contributed by atoms with Crippen LogP contribution in [0.1, 0.15) is 17.3 Å². The number of ether oxygens (including phenoxy) is 2. The molecule has 3 aromatic rings. The largest absolute Gasteiger partial charge is 0.484 e. The van der Waals surface area contributed by atoms with Crippen LogP contribution in [0.15, 0.2) is 48.5 Å². The Morgan fingerprint density at radius 2 is 1.96 bits per heavy atom. The molecule has 128 valence electrons. The molecule has 0 saturated carbocycles. The van der Waals surface area contributed by atoms with Gasteiger partial charge in [0, 0.05) is 0 Å². The predicted molar refractivity (Wildman–Crippen MR) is 96.1 cm³/mol. The third-order valence-electron chi connectivity index (χ3n) is 3.26. The van der Waals surface area contributed by atoms with Gasteiger partial charge in [-0.15, -0.1) is 0 Å². The van der Waals surface area contributed by atoms with E-state index in [1.807, 2.05) is 18.2 Å². The van der Waals surface area contributed by atoms with Gasteiger partial charge in [0.15, 0.2) is 11.7 Å². The topological polar surface area (TPSA) is 77.5 Å². The number of anilines is 1. The fourth-order valence-electron chi connectivity index (χ4n) is 2.14. The molecule has 1 N–H and O–H groups in total. The summed E-state index contributed by atoms with van der Waals surface area (Å²) in [5.74, 6) is -0.0470. The normalized spacial score (nSPS) is 10.4. The zero-order chi connectivity index (χ0) is 17.6. The van der Waals surface area contributed by atoms with E-state index < -0.39 is 0 Å². The van der Waals surface area contributed by atoms with Gasteiger partial charge in [0.05, 0.1) is 22.4 Å². The molecule has 0 fully saturated rings. The van der Waals surface area contributed by atoms with Crippen molar-refractivity contribution in [3.63, 3.8) is 0 Å². The molecule has 0 aliphatic carbocycles. The highest BCUT2D eigenvalue weighted by Gasteiger charge is 2.12. The van der Waals surface area contributed by atoms with Crippen LogP contribution in [0.25, 0.3) is 10.2 Å². The van der Waals surface area contributed by atoms with E-state index in [1.54, 1.807) is 37.3 Å². The van der Waals surface area contributed by atoms with Crippen LogP contribution in [0.5, 0.6) is 5.75 Å². The average Bonchev–Trinajstić information content (AvgIpc) is 3.02. The lowest BCUT2D eigenvalue weighted by atomic mass is 10.2. The first kappa shape index (κ1) is 16.9. The number of thiazole rings is 1. The van der Waals surface area contributed by atoms with Gasteiger partial charge >= 0.3 is 5.97 Å². The lowest BCUT2D eigenvalue weighted by Crippen LogP contribution is -2.19. The van der Waals surface area contributed by atoms with Gasteiger partial charge in [0.1, 0.15) is 5.75 Å². The standard InChI is InChI=1S/C18H16N2O4S/c1-2-23-17(22)12-8-9-14-15(10-12)25-18(19-14)20-16(21)11-24-13-6-4-3-5-7-13/h3-10H,2,11H2,1H3,(H,19,20,21). The van der Waals surface area contributed by atoms with E-state index in [2.05, 4.69) is 10.3 Å². The van der Waals surface area contributed by atoms with E-state index >= 15 is 0 Å². The zero-order valence-corrected chi connectivity index (χ0v) is 14.3. The van der Waals surface area contributed by atoms with Crippen molar-refractivity contribution < 1.29 is 19.1 Å². The van der Waals surface area contributed by atoms with E-state index in [1.165, 1.54) is 11.3 Å². The monoisotopic (exact) mass is 356 g/mol. The number of amides is 1. The molecular weight excluding hydrogens is 340 g/mol. The highest BCUT2D eigenvalue weighted by molar-refractivity contribution is 7.22. The first-order valence-corrected chi connectivity index (χ1v) is 8.53. The molecule has 0 saturated heterocycles. The molecule has 2 aromatic carbocycles. The Morgan fingerprint density at radius 3 is 2.72 bits per heavy atom. The van der Waals surface area contributed by atoms with Crippen LogP contribution in [0.3, 0.4) is 0 Å². The molecule has 1 heterocycles. The Balaban J connectivity index is 1.65. The molecule has 25 heavy (non-hydrogen) atoms. The summed E-state index contributed by atoms with van der Waals surface area (Å²) >= 11 is 1.29. The molecule has 0 radical (unpaired) electrons. The van der Waals surface area contributed by atoms with Gasteiger partial charge in [-0.3, -0.25) is 10.1 Å². The minimum Gasteiger partial charge on any atom is -0.484 e. The van der Waals surface area contributed by atoms with Crippen LogP contribution < -0.4 is 10.1 Å². The number of aromatic nitrogens is 1. The Morgan fingerprint density at radius 1 is 1.16 bits per heavy atom. The molecule has 0 unspecified atom stereocenters. The highest BCUT2D eigenvalue weighted by atomic mass is 32.1. The van der Waals surface area contributed by atoms with Crippen molar-refractivity contribution in [2.75, 3.05) is 18.5 Å². The van der Waals surface area contributed by atoms with Crippen molar-refractivity contribution in [2.45, 2.75) is 6.92 Å². The molecule has 0 bridgehead atoms. The summed E-state index contributed by atoms with van der Waals surface area (Å²) in [4.78, 5) is 28.1. The van der Waals surface area contributed by atoms with Gasteiger partial charge < -0.3 is 9.47 Å². The Hall–Kier alpha value is -2.93. The summed E-state index contributed by atoms with van der Waals surface area (Å²) < 4.78 is 11.2. The molecule has 1 aromatic heterocycles. The summed E-state index contributed by atoms with van der Waals surface area (Å²) in [5.41, 5.74) is 1.17. The molecule has 0 spiro atoms. The van der Waals surface area contributed by atoms with Gasteiger partial charge in [0.2, 0.25) is 0 Å². The summed E-state index contributed by atoms with van der Waals surface area (Å²) in [6.07, 6.45) is 0. The smallest absolute Gasteiger partial charge is 0.338 e. The number of nitrogens with one attached hydrogen (secondary N) is 1.